The van der Waals surface area contributed by atoms with Gasteiger partial charge in [0.25, 0.3) is 0 Å². The van der Waals surface area contributed by atoms with Crippen LogP contribution in [0.25, 0.3) is 0 Å². The maximum absolute atomic E-state index is 12.7. The van der Waals surface area contributed by atoms with E-state index in [1.54, 1.807) is 7.11 Å². The second-order valence-electron chi connectivity index (χ2n) is 7.42. The number of aryl methyl sites for hydroxylation is 1. The molecule has 0 bridgehead atoms. The number of sulfonamides is 1. The van der Waals surface area contributed by atoms with Crippen molar-refractivity contribution in [3.8, 4) is 0 Å². The van der Waals surface area contributed by atoms with Gasteiger partial charge in [-0.15, -0.1) is 0 Å². The quantitative estimate of drug-likeness (QED) is 0.730. The fourth-order valence-corrected chi connectivity index (χ4v) is 4.86. The van der Waals surface area contributed by atoms with Gasteiger partial charge in [-0.1, -0.05) is 54.6 Å². The van der Waals surface area contributed by atoms with Crippen molar-refractivity contribution in [2.75, 3.05) is 12.9 Å². The molecule has 0 spiro atoms. The minimum absolute atomic E-state index is 0.0599. The van der Waals surface area contributed by atoms with Gasteiger partial charge >= 0.3 is 0 Å². The second kappa shape index (κ2) is 8.80. The minimum atomic E-state index is -3.48. The Morgan fingerprint density at radius 3 is 2.27 bits per heavy atom. The Hall–Kier alpha value is -1.69. The van der Waals surface area contributed by atoms with E-state index in [1.807, 2.05) is 75.4 Å². The van der Waals surface area contributed by atoms with E-state index >= 15 is 0 Å². The molecule has 2 aromatic rings. The number of hydrogen-bond acceptors (Lipinski definition) is 3. The first-order valence-electron chi connectivity index (χ1n) is 8.84. The van der Waals surface area contributed by atoms with Gasteiger partial charge < -0.3 is 4.74 Å². The molecule has 0 saturated heterocycles. The second-order valence-corrected chi connectivity index (χ2v) is 9.19. The van der Waals surface area contributed by atoms with E-state index < -0.39 is 15.6 Å². The van der Waals surface area contributed by atoms with Gasteiger partial charge in [0.1, 0.15) is 0 Å². The summed E-state index contributed by atoms with van der Waals surface area (Å²) in [7, 11) is -1.92. The van der Waals surface area contributed by atoms with Gasteiger partial charge in [-0.25, -0.2) is 13.1 Å². The molecule has 2 aromatic carbocycles. The van der Waals surface area contributed by atoms with Gasteiger partial charge in [-0.05, 0) is 50.3 Å². The molecule has 0 amide bonds. The number of benzene rings is 2. The summed E-state index contributed by atoms with van der Waals surface area (Å²) in [6.45, 7) is 5.87. The van der Waals surface area contributed by atoms with Crippen LogP contribution in [0.15, 0.2) is 54.6 Å². The van der Waals surface area contributed by atoms with Crippen LogP contribution in [0.3, 0.4) is 0 Å². The summed E-state index contributed by atoms with van der Waals surface area (Å²) in [5.41, 5.74) is 2.80. The summed E-state index contributed by atoms with van der Waals surface area (Å²) in [6.07, 6.45) is 0.815. The average Bonchev–Trinajstić information content (AvgIpc) is 2.56. The Bertz CT molecular complexity index is 801. The highest BCUT2D eigenvalue weighted by atomic mass is 32.2. The lowest BCUT2D eigenvalue weighted by molar-refractivity contribution is 0.120. The Balaban J connectivity index is 2.02. The van der Waals surface area contributed by atoms with Crippen molar-refractivity contribution < 1.29 is 13.2 Å². The smallest absolute Gasteiger partial charge is 0.214 e. The van der Waals surface area contributed by atoms with Crippen molar-refractivity contribution in [3.05, 3.63) is 71.3 Å². The predicted molar refractivity (Wildman–Crippen MR) is 107 cm³/mol. The molecule has 0 aromatic heterocycles. The minimum Gasteiger partial charge on any atom is -0.380 e. The summed E-state index contributed by atoms with van der Waals surface area (Å²) in [5, 5.41) is 0. The monoisotopic (exact) mass is 375 g/mol. The van der Waals surface area contributed by atoms with Gasteiger partial charge in [0.05, 0.1) is 11.9 Å². The fourth-order valence-electron chi connectivity index (χ4n) is 3.12. The third-order valence-electron chi connectivity index (χ3n) is 4.37. The van der Waals surface area contributed by atoms with E-state index in [0.29, 0.717) is 12.8 Å². The number of nitrogens with one attached hydrogen (secondary N) is 1. The maximum Gasteiger partial charge on any atom is 0.214 e. The highest BCUT2D eigenvalue weighted by Gasteiger charge is 2.28. The number of methoxy groups -OCH3 is 1. The molecule has 0 fully saturated rings. The summed E-state index contributed by atoms with van der Waals surface area (Å²) in [6, 6.07) is 17.8. The lowest BCUT2D eigenvalue weighted by atomic mass is 9.93. The van der Waals surface area contributed by atoms with Crippen molar-refractivity contribution in [2.24, 2.45) is 0 Å². The first-order chi connectivity index (χ1) is 12.2. The standard InChI is InChI=1S/C21H29NO3S/c1-17-10-8-9-13-19(17)15-21(2,3)22-26(23,24)16-20(25-4)14-18-11-6-5-7-12-18/h5-13,20,22H,14-16H2,1-4H3. The molecule has 4 nitrogen and oxygen atoms in total. The molecular formula is C21H29NO3S. The molecular weight excluding hydrogens is 346 g/mol. The molecule has 1 N–H and O–H groups in total. The SMILES string of the molecule is COC(Cc1ccccc1)CS(=O)(=O)NC(C)(C)Cc1ccccc1C. The van der Waals surface area contributed by atoms with Crippen LogP contribution in [0.1, 0.15) is 30.5 Å². The van der Waals surface area contributed by atoms with Gasteiger partial charge in [0, 0.05) is 12.6 Å². The first-order valence-corrected chi connectivity index (χ1v) is 10.5. The van der Waals surface area contributed by atoms with Gasteiger partial charge in [-0.3, -0.25) is 0 Å². The van der Waals surface area contributed by atoms with Crippen LogP contribution in [-0.4, -0.2) is 32.9 Å². The molecule has 1 atom stereocenters. The van der Waals surface area contributed by atoms with E-state index in [-0.39, 0.29) is 11.9 Å². The molecule has 5 heteroatoms. The van der Waals surface area contributed by atoms with Crippen molar-refractivity contribution in [2.45, 2.75) is 45.3 Å². The highest BCUT2D eigenvalue weighted by molar-refractivity contribution is 7.89. The van der Waals surface area contributed by atoms with E-state index in [9.17, 15) is 8.42 Å². The van der Waals surface area contributed by atoms with E-state index in [4.69, 9.17) is 4.74 Å². The zero-order valence-corrected chi connectivity index (χ0v) is 16.8. The summed E-state index contributed by atoms with van der Waals surface area (Å²) < 4.78 is 33.7. The molecule has 0 aliphatic carbocycles. The zero-order valence-electron chi connectivity index (χ0n) is 16.0. The largest absolute Gasteiger partial charge is 0.380 e. The topological polar surface area (TPSA) is 55.4 Å². The molecule has 0 saturated carbocycles. The summed E-state index contributed by atoms with van der Waals surface area (Å²) in [5.74, 6) is -0.0599. The van der Waals surface area contributed by atoms with Crippen LogP contribution < -0.4 is 4.72 Å². The third-order valence-corrected chi connectivity index (χ3v) is 6.04. The third kappa shape index (κ3) is 6.56. The van der Waals surface area contributed by atoms with Crippen LogP contribution in [-0.2, 0) is 27.6 Å². The van der Waals surface area contributed by atoms with Gasteiger partial charge in [0.2, 0.25) is 10.0 Å². The normalized spacial score (nSPS) is 13.5. The van der Waals surface area contributed by atoms with E-state index in [1.165, 1.54) is 5.56 Å². The summed E-state index contributed by atoms with van der Waals surface area (Å²) in [4.78, 5) is 0. The number of ether oxygens (including phenoxy) is 1. The van der Waals surface area contributed by atoms with Crippen molar-refractivity contribution in [1.29, 1.82) is 0 Å². The van der Waals surface area contributed by atoms with E-state index in [0.717, 1.165) is 11.1 Å². The summed E-state index contributed by atoms with van der Waals surface area (Å²) >= 11 is 0. The number of hydrogen-bond donors (Lipinski definition) is 1. The molecule has 0 radical (unpaired) electrons. The predicted octanol–water partition coefficient (Wildman–Crippen LogP) is 3.49. The first kappa shape index (κ1) is 20.6. The van der Waals surface area contributed by atoms with Crippen LogP contribution in [0, 0.1) is 6.92 Å². The van der Waals surface area contributed by atoms with Crippen molar-refractivity contribution >= 4 is 10.0 Å². The van der Waals surface area contributed by atoms with Crippen LogP contribution in [0.2, 0.25) is 0 Å². The Labute approximate surface area is 157 Å². The van der Waals surface area contributed by atoms with Crippen LogP contribution in [0.4, 0.5) is 0 Å². The Kier molecular flexibility index (Phi) is 6.98. The molecule has 0 heterocycles. The molecule has 26 heavy (non-hydrogen) atoms. The fraction of sp³-hybridized carbons (Fsp3) is 0.429. The van der Waals surface area contributed by atoms with Gasteiger partial charge in [-0.2, -0.15) is 0 Å². The Morgan fingerprint density at radius 1 is 1.04 bits per heavy atom. The number of rotatable bonds is 9. The van der Waals surface area contributed by atoms with E-state index in [2.05, 4.69) is 4.72 Å². The van der Waals surface area contributed by atoms with Crippen LogP contribution in [0.5, 0.6) is 0 Å². The zero-order chi connectivity index (χ0) is 19.2. The molecule has 0 aliphatic rings. The lowest BCUT2D eigenvalue weighted by Gasteiger charge is -2.28. The van der Waals surface area contributed by atoms with Crippen molar-refractivity contribution in [1.82, 2.24) is 4.72 Å². The molecule has 142 valence electrons. The Morgan fingerprint density at radius 2 is 1.65 bits per heavy atom. The van der Waals surface area contributed by atoms with Crippen molar-refractivity contribution in [3.63, 3.8) is 0 Å². The highest BCUT2D eigenvalue weighted by Crippen LogP contribution is 2.18. The van der Waals surface area contributed by atoms with Crippen LogP contribution >= 0.6 is 0 Å². The lowest BCUT2D eigenvalue weighted by Crippen LogP contribution is -2.47. The average molecular weight is 376 g/mol. The molecule has 0 aliphatic heterocycles. The molecule has 2 rings (SSSR count). The van der Waals surface area contributed by atoms with Gasteiger partial charge in [0.15, 0.2) is 0 Å². The maximum atomic E-state index is 12.7. The molecule has 1 unspecified atom stereocenters.